The van der Waals surface area contributed by atoms with Gasteiger partial charge < -0.3 is 20.7 Å². The van der Waals surface area contributed by atoms with Crippen LogP contribution in [0, 0.1) is 5.92 Å². The normalized spacial score (nSPS) is 13.0. The Bertz CT molecular complexity index is 1210. The number of nitrogens with one attached hydrogen (secondary N) is 3. The van der Waals surface area contributed by atoms with Gasteiger partial charge in [0.1, 0.15) is 12.9 Å². The maximum absolute atomic E-state index is 12.7. The first-order chi connectivity index (χ1) is 16.4. The molecule has 1 aromatic carbocycles. The van der Waals surface area contributed by atoms with E-state index in [-0.39, 0.29) is 34.8 Å². The highest BCUT2D eigenvalue weighted by atomic mass is 19.3. The van der Waals surface area contributed by atoms with Crippen LogP contribution in [0.15, 0.2) is 30.6 Å². The Morgan fingerprint density at radius 3 is 2.71 bits per heavy atom. The summed E-state index contributed by atoms with van der Waals surface area (Å²) in [5.74, 6) is 0.0228. The summed E-state index contributed by atoms with van der Waals surface area (Å²) in [4.78, 5) is 28.6. The van der Waals surface area contributed by atoms with Gasteiger partial charge >= 0.3 is 0 Å². The standard InChI is InChI=1S/C21H22F2N8O3/c1-24-21(33)17-14(8-16(28-29-17)27-20(32)11-6-7-11)26-13-5-3-4-12(18(13)34-2)19-25-10-31(30-19)9-15(22)23/h3-5,8,10-11,15H,6-7,9H2,1-2H3,(H,24,33)(H2,26,27,28,32). The van der Waals surface area contributed by atoms with Crippen molar-refractivity contribution in [2.75, 3.05) is 24.8 Å². The molecule has 0 saturated heterocycles. The third-order valence-corrected chi connectivity index (χ3v) is 5.03. The second-order valence-corrected chi connectivity index (χ2v) is 7.53. The van der Waals surface area contributed by atoms with Gasteiger partial charge in [-0.05, 0) is 25.0 Å². The first-order valence-corrected chi connectivity index (χ1v) is 10.4. The third kappa shape index (κ3) is 5.08. The predicted octanol–water partition coefficient (Wildman–Crippen LogP) is 2.46. The summed E-state index contributed by atoms with van der Waals surface area (Å²) in [6, 6.07) is 6.56. The van der Waals surface area contributed by atoms with Gasteiger partial charge in [0.05, 0.1) is 24.0 Å². The van der Waals surface area contributed by atoms with Gasteiger partial charge in [0, 0.05) is 19.0 Å². The summed E-state index contributed by atoms with van der Waals surface area (Å²) in [6.45, 7) is -0.583. The van der Waals surface area contributed by atoms with Crippen LogP contribution < -0.4 is 20.7 Å². The molecule has 0 bridgehead atoms. The molecular weight excluding hydrogens is 450 g/mol. The second-order valence-electron chi connectivity index (χ2n) is 7.53. The molecule has 1 saturated carbocycles. The molecule has 34 heavy (non-hydrogen) atoms. The molecule has 2 heterocycles. The van der Waals surface area contributed by atoms with Crippen molar-refractivity contribution in [3.8, 4) is 17.1 Å². The number of para-hydroxylation sites is 1. The average molecular weight is 472 g/mol. The number of alkyl halides is 2. The van der Waals surface area contributed by atoms with Gasteiger partial charge in [0.15, 0.2) is 23.1 Å². The van der Waals surface area contributed by atoms with Crippen molar-refractivity contribution < 1.29 is 23.1 Å². The highest BCUT2D eigenvalue weighted by molar-refractivity contribution is 6.00. The lowest BCUT2D eigenvalue weighted by atomic mass is 10.1. The number of carbonyl (C=O) groups excluding carboxylic acids is 2. The van der Waals surface area contributed by atoms with Crippen LogP contribution in [0.4, 0.5) is 26.0 Å². The lowest BCUT2D eigenvalue weighted by Gasteiger charge is -2.16. The second kappa shape index (κ2) is 9.77. The number of amides is 2. The Kier molecular flexibility index (Phi) is 6.61. The summed E-state index contributed by atoms with van der Waals surface area (Å²) in [7, 11) is 2.89. The van der Waals surface area contributed by atoms with Gasteiger partial charge in [0.25, 0.3) is 12.3 Å². The van der Waals surface area contributed by atoms with E-state index in [1.807, 2.05) is 0 Å². The molecule has 1 fully saturated rings. The molecule has 2 aromatic heterocycles. The van der Waals surface area contributed by atoms with Crippen molar-refractivity contribution in [3.63, 3.8) is 0 Å². The lowest BCUT2D eigenvalue weighted by Crippen LogP contribution is -2.22. The van der Waals surface area contributed by atoms with E-state index in [9.17, 15) is 18.4 Å². The number of methoxy groups -OCH3 is 1. The highest BCUT2D eigenvalue weighted by Gasteiger charge is 2.30. The minimum atomic E-state index is -2.57. The highest BCUT2D eigenvalue weighted by Crippen LogP contribution is 2.37. The van der Waals surface area contributed by atoms with Crippen LogP contribution in [0.5, 0.6) is 5.75 Å². The van der Waals surface area contributed by atoms with E-state index in [0.717, 1.165) is 17.5 Å². The van der Waals surface area contributed by atoms with Crippen LogP contribution in [0.25, 0.3) is 11.4 Å². The predicted molar refractivity (Wildman–Crippen MR) is 118 cm³/mol. The van der Waals surface area contributed by atoms with E-state index in [1.165, 1.54) is 26.6 Å². The van der Waals surface area contributed by atoms with Crippen LogP contribution in [0.2, 0.25) is 0 Å². The van der Waals surface area contributed by atoms with Gasteiger partial charge in [-0.25, -0.2) is 18.4 Å². The van der Waals surface area contributed by atoms with Crippen molar-refractivity contribution in [1.29, 1.82) is 0 Å². The third-order valence-electron chi connectivity index (χ3n) is 5.03. The van der Waals surface area contributed by atoms with Crippen LogP contribution in [0.1, 0.15) is 23.3 Å². The lowest BCUT2D eigenvalue weighted by molar-refractivity contribution is -0.117. The molecule has 0 radical (unpaired) electrons. The van der Waals surface area contributed by atoms with Gasteiger partial charge in [-0.2, -0.15) is 5.10 Å². The number of benzene rings is 1. The fourth-order valence-corrected chi connectivity index (χ4v) is 3.23. The summed E-state index contributed by atoms with van der Waals surface area (Å²) in [6.07, 6.45) is 0.297. The number of hydrogen-bond acceptors (Lipinski definition) is 8. The molecule has 1 aliphatic carbocycles. The molecular formula is C21H22F2N8O3. The van der Waals surface area contributed by atoms with Gasteiger partial charge in [-0.3, -0.25) is 9.59 Å². The van der Waals surface area contributed by atoms with Crippen LogP contribution in [-0.2, 0) is 11.3 Å². The smallest absolute Gasteiger partial charge is 0.273 e. The van der Waals surface area contributed by atoms with E-state index < -0.39 is 18.9 Å². The quantitative estimate of drug-likeness (QED) is 0.432. The maximum Gasteiger partial charge on any atom is 0.273 e. The van der Waals surface area contributed by atoms with Gasteiger partial charge in [-0.1, -0.05) is 6.07 Å². The first-order valence-electron chi connectivity index (χ1n) is 10.4. The van der Waals surface area contributed by atoms with E-state index in [0.29, 0.717) is 17.0 Å². The zero-order valence-electron chi connectivity index (χ0n) is 18.4. The number of anilines is 3. The molecule has 11 nitrogen and oxygen atoms in total. The largest absolute Gasteiger partial charge is 0.494 e. The molecule has 1 aliphatic rings. The zero-order valence-corrected chi connectivity index (χ0v) is 18.4. The fraction of sp³-hybridized carbons (Fsp3) is 0.333. The van der Waals surface area contributed by atoms with E-state index in [1.54, 1.807) is 18.2 Å². The topological polar surface area (TPSA) is 136 Å². The minimum Gasteiger partial charge on any atom is -0.494 e. The SMILES string of the molecule is CNC(=O)c1nnc(NC(=O)C2CC2)cc1Nc1cccc(-c2ncn(CC(F)F)n2)c1OC. The van der Waals surface area contributed by atoms with Crippen LogP contribution >= 0.6 is 0 Å². The average Bonchev–Trinajstić information content (AvgIpc) is 3.58. The van der Waals surface area contributed by atoms with Crippen molar-refractivity contribution in [2.45, 2.75) is 25.8 Å². The van der Waals surface area contributed by atoms with Crippen LogP contribution in [-0.4, -0.2) is 57.4 Å². The van der Waals surface area contributed by atoms with Crippen molar-refractivity contribution >= 4 is 29.0 Å². The molecule has 2 amide bonds. The van der Waals surface area contributed by atoms with Crippen molar-refractivity contribution in [2.24, 2.45) is 5.92 Å². The Balaban J connectivity index is 1.68. The summed E-state index contributed by atoms with van der Waals surface area (Å²) >= 11 is 0. The number of rotatable bonds is 9. The van der Waals surface area contributed by atoms with E-state index in [2.05, 4.69) is 36.2 Å². The fourth-order valence-electron chi connectivity index (χ4n) is 3.23. The Morgan fingerprint density at radius 1 is 1.24 bits per heavy atom. The number of ether oxygens (including phenoxy) is 1. The number of hydrogen-bond donors (Lipinski definition) is 3. The van der Waals surface area contributed by atoms with Gasteiger partial charge in [-0.15, -0.1) is 10.2 Å². The number of carbonyl (C=O) groups is 2. The molecule has 4 rings (SSSR count). The molecule has 3 aromatic rings. The zero-order chi connectivity index (χ0) is 24.2. The summed E-state index contributed by atoms with van der Waals surface area (Å²) in [5.41, 5.74) is 1.15. The molecule has 3 N–H and O–H groups in total. The van der Waals surface area contributed by atoms with E-state index >= 15 is 0 Å². The van der Waals surface area contributed by atoms with Gasteiger partial charge in [0.2, 0.25) is 5.91 Å². The molecule has 0 aliphatic heterocycles. The Morgan fingerprint density at radius 2 is 2.03 bits per heavy atom. The monoisotopic (exact) mass is 472 g/mol. The Hall–Kier alpha value is -4.16. The molecule has 0 spiro atoms. The van der Waals surface area contributed by atoms with Crippen molar-refractivity contribution in [1.82, 2.24) is 30.3 Å². The summed E-state index contributed by atoms with van der Waals surface area (Å²) < 4.78 is 32.0. The van der Waals surface area contributed by atoms with Crippen LogP contribution in [0.3, 0.4) is 0 Å². The minimum absolute atomic E-state index is 0.00119. The van der Waals surface area contributed by atoms with E-state index in [4.69, 9.17) is 4.74 Å². The Labute approximate surface area is 192 Å². The molecule has 178 valence electrons. The number of aromatic nitrogens is 5. The molecule has 0 atom stereocenters. The van der Waals surface area contributed by atoms with Crippen molar-refractivity contribution in [3.05, 3.63) is 36.3 Å². The molecule has 13 heteroatoms. The number of halogens is 2. The number of nitrogens with zero attached hydrogens (tertiary/aromatic N) is 5. The molecule has 0 unspecified atom stereocenters. The maximum atomic E-state index is 12.7. The first kappa shape index (κ1) is 23.0. The summed E-state index contributed by atoms with van der Waals surface area (Å²) in [5, 5.41) is 20.3.